The number of anilines is 2. The van der Waals surface area contributed by atoms with Crippen LogP contribution in [0.5, 0.6) is 11.5 Å². The number of fused-ring (bicyclic) bond motifs is 1. The van der Waals surface area contributed by atoms with Gasteiger partial charge >= 0.3 is 0 Å². The summed E-state index contributed by atoms with van der Waals surface area (Å²) in [5, 5.41) is 8.51. The van der Waals surface area contributed by atoms with Crippen molar-refractivity contribution < 1.29 is 19.0 Å². The molecule has 3 aliphatic heterocycles. The van der Waals surface area contributed by atoms with E-state index in [0.29, 0.717) is 25.3 Å². The number of hydrogen-bond donors (Lipinski definition) is 0. The maximum atomic E-state index is 12.8. The number of nitrogens with zero attached hydrogens (tertiary/aromatic N) is 5. The second-order valence-electron chi connectivity index (χ2n) is 7.60. The molecule has 2 fully saturated rings. The maximum absolute atomic E-state index is 12.8. The van der Waals surface area contributed by atoms with Crippen molar-refractivity contribution in [2.75, 3.05) is 69.1 Å². The van der Waals surface area contributed by atoms with E-state index in [1.54, 1.807) is 6.20 Å². The van der Waals surface area contributed by atoms with Crippen LogP contribution in [0.3, 0.4) is 0 Å². The number of ether oxygens (including phenoxy) is 3. The number of amides is 1. The standard InChI is InChI=1S/C21H25N5O4/c27-21(12-16-1-2-18-19(11-16)30-15-29-18)26-5-3-25(4-6-26)20-13-17(14-22-23-20)24-7-9-28-10-8-24/h1-2,11,13-14H,3-10,12,15H2. The van der Waals surface area contributed by atoms with E-state index in [1.807, 2.05) is 23.1 Å². The average Bonchev–Trinajstić information content (AvgIpc) is 3.28. The third-order valence-electron chi connectivity index (χ3n) is 5.75. The Hall–Kier alpha value is -3.07. The molecule has 0 atom stereocenters. The molecule has 0 saturated carbocycles. The zero-order chi connectivity index (χ0) is 20.3. The maximum Gasteiger partial charge on any atom is 0.231 e. The monoisotopic (exact) mass is 411 g/mol. The molecule has 1 amide bonds. The smallest absolute Gasteiger partial charge is 0.231 e. The van der Waals surface area contributed by atoms with Crippen LogP contribution in [0.15, 0.2) is 30.5 Å². The summed E-state index contributed by atoms with van der Waals surface area (Å²) in [7, 11) is 0. The second-order valence-corrected chi connectivity index (χ2v) is 7.60. The highest BCUT2D eigenvalue weighted by molar-refractivity contribution is 5.79. The molecular formula is C21H25N5O4. The van der Waals surface area contributed by atoms with Crippen LogP contribution in [-0.4, -0.2) is 80.3 Å². The molecule has 0 spiro atoms. The van der Waals surface area contributed by atoms with Gasteiger partial charge in [0.25, 0.3) is 0 Å². The molecule has 5 rings (SSSR count). The van der Waals surface area contributed by atoms with Crippen LogP contribution in [0.4, 0.5) is 11.5 Å². The van der Waals surface area contributed by atoms with Gasteiger partial charge in [-0.05, 0) is 17.7 Å². The lowest BCUT2D eigenvalue weighted by Crippen LogP contribution is -2.49. The fourth-order valence-electron chi connectivity index (χ4n) is 4.02. The molecular weight excluding hydrogens is 386 g/mol. The largest absolute Gasteiger partial charge is 0.454 e. The highest BCUT2D eigenvalue weighted by Gasteiger charge is 2.24. The predicted octanol–water partition coefficient (Wildman–Crippen LogP) is 0.933. The number of hydrogen-bond acceptors (Lipinski definition) is 8. The van der Waals surface area contributed by atoms with E-state index in [9.17, 15) is 4.79 Å². The van der Waals surface area contributed by atoms with Crippen LogP contribution in [0.2, 0.25) is 0 Å². The molecule has 1 aromatic carbocycles. The first-order chi connectivity index (χ1) is 14.8. The predicted molar refractivity (Wildman–Crippen MR) is 110 cm³/mol. The molecule has 0 N–H and O–H groups in total. The number of benzene rings is 1. The van der Waals surface area contributed by atoms with Gasteiger partial charge < -0.3 is 28.9 Å². The SMILES string of the molecule is O=C(Cc1ccc2c(c1)OCO2)N1CCN(c2cc(N3CCOCC3)cnn2)CC1. The molecule has 9 heteroatoms. The Morgan fingerprint density at radius 2 is 1.73 bits per heavy atom. The molecule has 0 unspecified atom stereocenters. The fraction of sp³-hybridized carbons (Fsp3) is 0.476. The van der Waals surface area contributed by atoms with Crippen molar-refractivity contribution in [2.45, 2.75) is 6.42 Å². The van der Waals surface area contributed by atoms with E-state index < -0.39 is 0 Å². The summed E-state index contributed by atoms with van der Waals surface area (Å²) in [4.78, 5) is 19.1. The number of rotatable bonds is 4. The summed E-state index contributed by atoms with van der Waals surface area (Å²) in [6.45, 7) is 6.29. The van der Waals surface area contributed by atoms with E-state index in [2.05, 4.69) is 26.1 Å². The van der Waals surface area contributed by atoms with Gasteiger partial charge in [0.15, 0.2) is 17.3 Å². The third kappa shape index (κ3) is 3.97. The van der Waals surface area contributed by atoms with Crippen molar-refractivity contribution >= 4 is 17.4 Å². The van der Waals surface area contributed by atoms with Crippen LogP contribution in [0.1, 0.15) is 5.56 Å². The molecule has 3 aliphatic rings. The first kappa shape index (κ1) is 18.9. The molecule has 4 heterocycles. The Labute approximate surface area is 175 Å². The molecule has 158 valence electrons. The normalized spacial score (nSPS) is 18.6. The van der Waals surface area contributed by atoms with Crippen LogP contribution < -0.4 is 19.3 Å². The summed E-state index contributed by atoms with van der Waals surface area (Å²) < 4.78 is 16.2. The van der Waals surface area contributed by atoms with Gasteiger partial charge in [0.1, 0.15) is 0 Å². The minimum absolute atomic E-state index is 0.127. The van der Waals surface area contributed by atoms with Crippen LogP contribution in [-0.2, 0) is 16.0 Å². The molecule has 0 radical (unpaired) electrons. The Bertz CT molecular complexity index is 910. The van der Waals surface area contributed by atoms with Gasteiger partial charge in [-0.2, -0.15) is 5.10 Å². The first-order valence-electron chi connectivity index (χ1n) is 10.3. The Balaban J connectivity index is 1.17. The van der Waals surface area contributed by atoms with E-state index in [4.69, 9.17) is 14.2 Å². The van der Waals surface area contributed by atoms with Crippen molar-refractivity contribution in [1.82, 2.24) is 15.1 Å². The van der Waals surface area contributed by atoms with Gasteiger partial charge in [-0.15, -0.1) is 5.10 Å². The van der Waals surface area contributed by atoms with Crippen molar-refractivity contribution in [1.29, 1.82) is 0 Å². The molecule has 2 saturated heterocycles. The van der Waals surface area contributed by atoms with Gasteiger partial charge in [-0.1, -0.05) is 6.07 Å². The lowest BCUT2D eigenvalue weighted by atomic mass is 10.1. The molecule has 0 aliphatic carbocycles. The number of carbonyl (C=O) groups is 1. The number of piperazine rings is 1. The van der Waals surface area contributed by atoms with Gasteiger partial charge in [0, 0.05) is 45.3 Å². The van der Waals surface area contributed by atoms with Crippen molar-refractivity contribution in [3.63, 3.8) is 0 Å². The summed E-state index contributed by atoms with van der Waals surface area (Å²) in [5.74, 6) is 2.44. The minimum atomic E-state index is 0.127. The van der Waals surface area contributed by atoms with Crippen LogP contribution >= 0.6 is 0 Å². The van der Waals surface area contributed by atoms with E-state index in [-0.39, 0.29) is 12.7 Å². The van der Waals surface area contributed by atoms with Crippen LogP contribution in [0.25, 0.3) is 0 Å². The van der Waals surface area contributed by atoms with Crippen molar-refractivity contribution in [2.24, 2.45) is 0 Å². The molecule has 1 aromatic heterocycles. The first-order valence-corrected chi connectivity index (χ1v) is 10.3. The van der Waals surface area contributed by atoms with Crippen molar-refractivity contribution in [3.05, 3.63) is 36.0 Å². The number of morpholine rings is 1. The minimum Gasteiger partial charge on any atom is -0.454 e. The molecule has 9 nitrogen and oxygen atoms in total. The van der Waals surface area contributed by atoms with Gasteiger partial charge in [-0.25, -0.2) is 0 Å². The zero-order valence-electron chi connectivity index (χ0n) is 16.8. The molecule has 0 bridgehead atoms. The van der Waals surface area contributed by atoms with E-state index in [1.165, 1.54) is 0 Å². The average molecular weight is 411 g/mol. The second kappa shape index (κ2) is 8.35. The summed E-state index contributed by atoms with van der Waals surface area (Å²) in [6, 6.07) is 7.77. The lowest BCUT2D eigenvalue weighted by molar-refractivity contribution is -0.130. The Kier molecular flexibility index (Phi) is 5.27. The van der Waals surface area contributed by atoms with E-state index >= 15 is 0 Å². The van der Waals surface area contributed by atoms with Gasteiger partial charge in [0.05, 0.1) is 31.5 Å². The number of aromatic nitrogens is 2. The zero-order valence-corrected chi connectivity index (χ0v) is 16.8. The Morgan fingerprint density at radius 1 is 0.933 bits per heavy atom. The van der Waals surface area contributed by atoms with E-state index in [0.717, 1.165) is 62.2 Å². The molecule has 2 aromatic rings. The Morgan fingerprint density at radius 3 is 2.57 bits per heavy atom. The molecule has 30 heavy (non-hydrogen) atoms. The topological polar surface area (TPSA) is 80.3 Å². The summed E-state index contributed by atoms with van der Waals surface area (Å²) >= 11 is 0. The van der Waals surface area contributed by atoms with Gasteiger partial charge in [-0.3, -0.25) is 4.79 Å². The highest BCUT2D eigenvalue weighted by Crippen LogP contribution is 2.32. The lowest BCUT2D eigenvalue weighted by Gasteiger charge is -2.36. The number of carbonyl (C=O) groups excluding carboxylic acids is 1. The van der Waals surface area contributed by atoms with Crippen LogP contribution in [0, 0.1) is 0 Å². The third-order valence-corrected chi connectivity index (χ3v) is 5.75. The highest BCUT2D eigenvalue weighted by atomic mass is 16.7. The quantitative estimate of drug-likeness (QED) is 0.735. The summed E-state index contributed by atoms with van der Waals surface area (Å²) in [5.41, 5.74) is 2.01. The van der Waals surface area contributed by atoms with Crippen molar-refractivity contribution in [3.8, 4) is 11.5 Å². The summed E-state index contributed by atoms with van der Waals surface area (Å²) in [6.07, 6.45) is 2.17. The van der Waals surface area contributed by atoms with Gasteiger partial charge in [0.2, 0.25) is 12.7 Å². The fourth-order valence-corrected chi connectivity index (χ4v) is 4.02.